The number of Topliss-reactive ketones (excluding diaryl/α,β-unsaturated/α-hetero) is 1. The number of rotatable bonds is 9. The number of benzene rings is 3. The van der Waals surface area contributed by atoms with E-state index in [4.69, 9.17) is 5.11 Å². The van der Waals surface area contributed by atoms with Crippen molar-refractivity contribution in [1.29, 1.82) is 0 Å². The van der Waals surface area contributed by atoms with E-state index in [0.29, 0.717) is 24.1 Å². The first-order valence-corrected chi connectivity index (χ1v) is 11.3. The van der Waals surface area contributed by atoms with Gasteiger partial charge in [0.2, 0.25) is 0 Å². The third kappa shape index (κ3) is 5.79. The summed E-state index contributed by atoms with van der Waals surface area (Å²) >= 11 is 0. The van der Waals surface area contributed by atoms with Gasteiger partial charge in [-0.3, -0.25) is 9.52 Å². The second-order valence-electron chi connectivity index (χ2n) is 7.20. The Kier molecular flexibility index (Phi) is 6.87. The number of hydrogen-bond acceptors (Lipinski definition) is 4. The topological polar surface area (TPSA) is 101 Å². The van der Waals surface area contributed by atoms with Crippen LogP contribution in [0.2, 0.25) is 0 Å². The van der Waals surface area contributed by atoms with Gasteiger partial charge in [0.1, 0.15) is 0 Å². The molecule has 6 nitrogen and oxygen atoms in total. The van der Waals surface area contributed by atoms with E-state index in [2.05, 4.69) is 4.72 Å². The van der Waals surface area contributed by atoms with E-state index in [9.17, 15) is 18.0 Å². The number of carbonyl (C=O) groups excluding carboxylic acids is 1. The molecular formula is C24H23NO5S. The second-order valence-corrected chi connectivity index (χ2v) is 8.88. The molecule has 3 rings (SSSR count). The number of sulfonamides is 1. The van der Waals surface area contributed by atoms with Gasteiger partial charge < -0.3 is 5.11 Å². The summed E-state index contributed by atoms with van der Waals surface area (Å²) in [5, 5.41) is 9.11. The summed E-state index contributed by atoms with van der Waals surface area (Å²) < 4.78 is 28.2. The zero-order chi connectivity index (χ0) is 22.4. The molecule has 0 spiro atoms. The van der Waals surface area contributed by atoms with Gasteiger partial charge in [0.25, 0.3) is 10.0 Å². The average molecular weight is 438 g/mol. The minimum Gasteiger partial charge on any atom is -0.478 e. The number of aryl methyl sites for hydroxylation is 2. The van der Waals surface area contributed by atoms with Gasteiger partial charge in [0, 0.05) is 5.56 Å². The van der Waals surface area contributed by atoms with Crippen molar-refractivity contribution in [2.45, 2.75) is 31.1 Å². The van der Waals surface area contributed by atoms with Crippen molar-refractivity contribution in [3.05, 3.63) is 95.1 Å². The van der Waals surface area contributed by atoms with E-state index in [-0.39, 0.29) is 16.2 Å². The summed E-state index contributed by atoms with van der Waals surface area (Å²) in [4.78, 5) is 22.6. The fourth-order valence-corrected chi connectivity index (χ4v) is 4.35. The molecule has 0 aromatic heterocycles. The molecular weight excluding hydrogens is 414 g/mol. The van der Waals surface area contributed by atoms with Gasteiger partial charge in [-0.2, -0.15) is 0 Å². The molecule has 0 bridgehead atoms. The minimum absolute atomic E-state index is 0.0813. The van der Waals surface area contributed by atoms with E-state index in [1.165, 1.54) is 31.2 Å². The number of hydrogen-bond donors (Lipinski definition) is 2. The molecule has 0 aliphatic carbocycles. The highest BCUT2D eigenvalue weighted by Crippen LogP contribution is 2.22. The maximum atomic E-state index is 12.8. The van der Waals surface area contributed by atoms with Crippen LogP contribution in [0, 0.1) is 0 Å². The molecule has 160 valence electrons. The molecule has 0 saturated heterocycles. The van der Waals surface area contributed by atoms with Crippen LogP contribution in [0.5, 0.6) is 0 Å². The molecule has 0 aliphatic rings. The van der Waals surface area contributed by atoms with Crippen molar-refractivity contribution in [3.8, 4) is 0 Å². The van der Waals surface area contributed by atoms with Crippen LogP contribution in [0.4, 0.5) is 5.69 Å². The van der Waals surface area contributed by atoms with E-state index >= 15 is 0 Å². The van der Waals surface area contributed by atoms with Crippen LogP contribution in [0.1, 0.15) is 45.2 Å². The van der Waals surface area contributed by atoms with Crippen molar-refractivity contribution in [3.63, 3.8) is 0 Å². The van der Waals surface area contributed by atoms with E-state index in [1.807, 2.05) is 18.2 Å². The zero-order valence-corrected chi connectivity index (χ0v) is 17.9. The summed E-state index contributed by atoms with van der Waals surface area (Å²) in [5.41, 5.74) is 2.97. The predicted molar refractivity (Wildman–Crippen MR) is 119 cm³/mol. The van der Waals surface area contributed by atoms with Crippen molar-refractivity contribution in [1.82, 2.24) is 0 Å². The number of carbonyl (C=O) groups is 2. The number of aromatic carboxylic acids is 1. The Morgan fingerprint density at radius 3 is 2.26 bits per heavy atom. The largest absolute Gasteiger partial charge is 0.478 e. The van der Waals surface area contributed by atoms with Crippen LogP contribution in [-0.4, -0.2) is 25.3 Å². The molecule has 0 fully saturated rings. The standard InChI is InChI=1S/C24H23NO5S/c1-17(26)19-12-14-22(15-13-19)31(29,30)25-23-11-3-2-8-20(23)9-4-6-18-7-5-10-21(16-18)24(27)28/h2-3,5,7-8,10-16,25H,4,6,9H2,1H3,(H,27,28). The fraction of sp³-hybridized carbons (Fsp3) is 0.167. The monoisotopic (exact) mass is 437 g/mol. The third-order valence-electron chi connectivity index (χ3n) is 4.92. The van der Waals surface area contributed by atoms with Crippen LogP contribution in [0.15, 0.2) is 77.7 Å². The van der Waals surface area contributed by atoms with Gasteiger partial charge in [0.05, 0.1) is 16.1 Å². The van der Waals surface area contributed by atoms with Crippen molar-refractivity contribution < 1.29 is 23.1 Å². The smallest absolute Gasteiger partial charge is 0.335 e. The van der Waals surface area contributed by atoms with E-state index in [1.54, 1.807) is 30.3 Å². The Labute approximate surface area is 181 Å². The highest BCUT2D eigenvalue weighted by molar-refractivity contribution is 7.92. The molecule has 0 unspecified atom stereocenters. The van der Waals surface area contributed by atoms with Gasteiger partial charge in [-0.25, -0.2) is 13.2 Å². The minimum atomic E-state index is -3.80. The second kappa shape index (κ2) is 9.57. The Morgan fingerprint density at radius 2 is 1.58 bits per heavy atom. The lowest BCUT2D eigenvalue weighted by atomic mass is 10.0. The average Bonchev–Trinajstić information content (AvgIpc) is 2.75. The maximum Gasteiger partial charge on any atom is 0.335 e. The number of ketones is 1. The lowest BCUT2D eigenvalue weighted by Gasteiger charge is -2.13. The Morgan fingerprint density at radius 1 is 0.871 bits per heavy atom. The normalized spacial score (nSPS) is 11.1. The van der Waals surface area contributed by atoms with Gasteiger partial charge in [-0.1, -0.05) is 42.5 Å². The molecule has 0 amide bonds. The quantitative estimate of drug-likeness (QED) is 0.478. The van der Waals surface area contributed by atoms with Crippen LogP contribution >= 0.6 is 0 Å². The number of carboxylic acid groups (broad SMARTS) is 1. The highest BCUT2D eigenvalue weighted by Gasteiger charge is 2.16. The van der Waals surface area contributed by atoms with Gasteiger partial charge in [0.15, 0.2) is 5.78 Å². The first-order chi connectivity index (χ1) is 14.8. The first kappa shape index (κ1) is 22.2. The van der Waals surface area contributed by atoms with E-state index < -0.39 is 16.0 Å². The molecule has 31 heavy (non-hydrogen) atoms. The third-order valence-corrected chi connectivity index (χ3v) is 6.30. The van der Waals surface area contributed by atoms with Crippen molar-refractivity contribution in [2.24, 2.45) is 0 Å². The number of nitrogens with one attached hydrogen (secondary N) is 1. The molecule has 0 aliphatic heterocycles. The van der Waals surface area contributed by atoms with Crippen molar-refractivity contribution in [2.75, 3.05) is 4.72 Å². The molecule has 0 heterocycles. The lowest BCUT2D eigenvalue weighted by Crippen LogP contribution is -2.14. The van der Waals surface area contributed by atoms with Gasteiger partial charge in [-0.15, -0.1) is 0 Å². The lowest BCUT2D eigenvalue weighted by molar-refractivity contribution is 0.0696. The summed E-state index contributed by atoms with van der Waals surface area (Å²) in [6.07, 6.45) is 2.03. The molecule has 3 aromatic rings. The Balaban J connectivity index is 1.70. The van der Waals surface area contributed by atoms with Crippen LogP contribution < -0.4 is 4.72 Å². The highest BCUT2D eigenvalue weighted by atomic mass is 32.2. The number of para-hydroxylation sites is 1. The van der Waals surface area contributed by atoms with E-state index in [0.717, 1.165) is 17.5 Å². The van der Waals surface area contributed by atoms with Gasteiger partial charge in [-0.05, 0) is 67.6 Å². The van der Waals surface area contributed by atoms with Crippen LogP contribution in [0.25, 0.3) is 0 Å². The fourth-order valence-electron chi connectivity index (χ4n) is 3.25. The Hall–Kier alpha value is -3.45. The van der Waals surface area contributed by atoms with Crippen LogP contribution in [0.3, 0.4) is 0 Å². The maximum absolute atomic E-state index is 12.8. The molecule has 0 atom stereocenters. The van der Waals surface area contributed by atoms with Gasteiger partial charge >= 0.3 is 5.97 Å². The molecule has 0 saturated carbocycles. The Bertz CT molecular complexity index is 1200. The molecule has 0 radical (unpaired) electrons. The predicted octanol–water partition coefficient (Wildman–Crippen LogP) is 4.56. The molecule has 2 N–H and O–H groups in total. The van der Waals surface area contributed by atoms with Crippen LogP contribution in [-0.2, 0) is 22.9 Å². The first-order valence-electron chi connectivity index (χ1n) is 9.80. The molecule has 7 heteroatoms. The van der Waals surface area contributed by atoms with Crippen molar-refractivity contribution >= 4 is 27.5 Å². The SMILES string of the molecule is CC(=O)c1ccc(S(=O)(=O)Nc2ccccc2CCCc2cccc(C(=O)O)c2)cc1. The number of anilines is 1. The summed E-state index contributed by atoms with van der Waals surface area (Å²) in [6, 6.07) is 19.8. The zero-order valence-electron chi connectivity index (χ0n) is 17.0. The summed E-state index contributed by atoms with van der Waals surface area (Å²) in [6.45, 7) is 1.43. The summed E-state index contributed by atoms with van der Waals surface area (Å²) in [7, 11) is -3.80. The number of carboxylic acids is 1. The molecule has 3 aromatic carbocycles. The summed E-state index contributed by atoms with van der Waals surface area (Å²) in [5.74, 6) is -1.09.